The van der Waals surface area contributed by atoms with E-state index in [1.54, 1.807) is 0 Å². The van der Waals surface area contributed by atoms with E-state index in [0.29, 0.717) is 0 Å². The van der Waals surface area contributed by atoms with Crippen LogP contribution in [-0.4, -0.2) is 28.5 Å². The van der Waals surface area contributed by atoms with Crippen molar-refractivity contribution in [3.05, 3.63) is 0 Å². The molecule has 1 nitrogen and oxygen atoms in total. The van der Waals surface area contributed by atoms with Crippen molar-refractivity contribution in [2.75, 3.05) is 0 Å². The van der Waals surface area contributed by atoms with Crippen LogP contribution in [0.25, 0.3) is 0 Å². The minimum atomic E-state index is 0. The number of hydrogen-bond donors (Lipinski definition) is 0. The first-order valence-electron chi connectivity index (χ1n) is 0. The predicted molar refractivity (Wildman–Crippen MR) is 11.6 cm³/mol. The first kappa shape index (κ1) is 42.3. The second kappa shape index (κ2) is 21.8. The maximum Gasteiger partial charge on any atom is 2.00 e. The van der Waals surface area contributed by atoms with Crippen LogP contribution in [0.5, 0.6) is 0 Å². The summed E-state index contributed by atoms with van der Waals surface area (Å²) in [6.07, 6.45) is 0. The summed E-state index contributed by atoms with van der Waals surface area (Å²) in [5, 5.41) is 0. The third kappa shape index (κ3) is 9.26. The van der Waals surface area contributed by atoms with E-state index in [0.717, 1.165) is 0 Å². The fourth-order valence-electron chi connectivity index (χ4n) is 0. The summed E-state index contributed by atoms with van der Waals surface area (Å²) in [5.41, 5.74) is 0. The van der Waals surface area contributed by atoms with E-state index in [2.05, 4.69) is 0 Å². The topological polar surface area (TPSA) is 31.5 Å². The smallest absolute Gasteiger partial charge is 1.00 e. The average molecular weight is 158 g/mol. The monoisotopic (exact) mass is 158 g/mol. The second-order valence-corrected chi connectivity index (χ2v) is 0. The Morgan fingerprint density at radius 2 is 1.25 bits per heavy atom. The zero-order valence-electron chi connectivity index (χ0n) is 3.92. The van der Waals surface area contributed by atoms with Crippen LogP contribution in [0, 0.1) is 0 Å². The Morgan fingerprint density at radius 1 is 1.25 bits per heavy atom. The van der Waals surface area contributed by atoms with Gasteiger partial charge in [0, 0.05) is 33.8 Å². The molecule has 0 heterocycles. The molecule has 0 aliphatic rings. The van der Waals surface area contributed by atoms with Gasteiger partial charge in [-0.3, -0.25) is 0 Å². The minimum absolute atomic E-state index is 0. The van der Waals surface area contributed by atoms with Crippen molar-refractivity contribution in [3.63, 3.8) is 0 Å². The first-order chi connectivity index (χ1) is 0. The molecule has 0 rings (SSSR count). The standard InChI is InChI=1S/Co.Mg.Mn.H2O.2H/h;;;1H2;;/q;+2;;;2*-1. The molecule has 0 bridgehead atoms. The van der Waals surface area contributed by atoms with Crippen LogP contribution in [0.4, 0.5) is 0 Å². The number of hydrogen-bond acceptors (Lipinski definition) is 0. The molecule has 0 fully saturated rings. The van der Waals surface area contributed by atoms with Crippen molar-refractivity contribution < 1.29 is 42.2 Å². The van der Waals surface area contributed by atoms with Gasteiger partial charge in [0.1, 0.15) is 0 Å². The molecule has 0 aliphatic carbocycles. The van der Waals surface area contributed by atoms with E-state index in [9.17, 15) is 0 Å². The van der Waals surface area contributed by atoms with Gasteiger partial charge in [0.2, 0.25) is 0 Å². The molecule has 2 radical (unpaired) electrons. The maximum absolute atomic E-state index is 0. The quantitative estimate of drug-likeness (QED) is 0.406. The summed E-state index contributed by atoms with van der Waals surface area (Å²) < 4.78 is 0. The van der Waals surface area contributed by atoms with Gasteiger partial charge in [-0.25, -0.2) is 0 Å². The molecule has 28 valence electrons. The van der Waals surface area contributed by atoms with Crippen LogP contribution in [0.15, 0.2) is 0 Å². The maximum atomic E-state index is 0. The first-order valence-corrected chi connectivity index (χ1v) is 0. The molecule has 2 N–H and O–H groups in total. The molecule has 4 heteroatoms. The Balaban J connectivity index is 0. The SMILES string of the molecule is O.[Co].[H-].[H-].[Mg+2].[Mn]. The fourth-order valence-corrected chi connectivity index (χ4v) is 0. The van der Waals surface area contributed by atoms with E-state index in [1.807, 2.05) is 0 Å². The van der Waals surface area contributed by atoms with Gasteiger partial charge < -0.3 is 8.33 Å². The van der Waals surface area contributed by atoms with Crippen molar-refractivity contribution >= 4 is 23.1 Å². The minimum Gasteiger partial charge on any atom is -1.00 e. The summed E-state index contributed by atoms with van der Waals surface area (Å²) in [6, 6.07) is 0. The average Bonchev–Trinajstić information content (AvgIpc) is 0. The Labute approximate surface area is 65.0 Å². The van der Waals surface area contributed by atoms with Crippen LogP contribution in [0.1, 0.15) is 2.85 Å². The summed E-state index contributed by atoms with van der Waals surface area (Å²) in [7, 11) is 0. The Kier molecular flexibility index (Phi) is 231. The summed E-state index contributed by atoms with van der Waals surface area (Å²) in [5.74, 6) is 0. The van der Waals surface area contributed by atoms with Gasteiger partial charge in [-0.1, -0.05) is 0 Å². The Morgan fingerprint density at radius 3 is 1.25 bits per heavy atom. The van der Waals surface area contributed by atoms with Crippen molar-refractivity contribution in [2.45, 2.75) is 0 Å². The molecule has 0 aromatic heterocycles. The van der Waals surface area contributed by atoms with Gasteiger partial charge in [0.25, 0.3) is 0 Å². The molecule has 0 saturated carbocycles. The molecule has 4 heavy (non-hydrogen) atoms. The third-order valence-electron chi connectivity index (χ3n) is 0. The molecular weight excluding hydrogens is 154 g/mol. The van der Waals surface area contributed by atoms with Gasteiger partial charge in [0.15, 0.2) is 0 Å². The molecule has 0 atom stereocenters. The summed E-state index contributed by atoms with van der Waals surface area (Å²) in [4.78, 5) is 0. The molecule has 0 aromatic carbocycles. The van der Waals surface area contributed by atoms with Gasteiger partial charge in [-0.2, -0.15) is 0 Å². The summed E-state index contributed by atoms with van der Waals surface area (Å²) in [6.45, 7) is 0. The van der Waals surface area contributed by atoms with Gasteiger partial charge in [-0.05, 0) is 0 Å². The molecule has 0 saturated heterocycles. The van der Waals surface area contributed by atoms with Crippen molar-refractivity contribution in [1.82, 2.24) is 0 Å². The molecule has 0 unspecified atom stereocenters. The van der Waals surface area contributed by atoms with E-state index in [4.69, 9.17) is 0 Å². The van der Waals surface area contributed by atoms with Gasteiger partial charge in [-0.15, -0.1) is 0 Å². The van der Waals surface area contributed by atoms with Gasteiger partial charge >= 0.3 is 23.1 Å². The van der Waals surface area contributed by atoms with Crippen LogP contribution >= 0.6 is 0 Å². The van der Waals surface area contributed by atoms with E-state index >= 15 is 0 Å². The molecule has 0 spiro atoms. The van der Waals surface area contributed by atoms with Crippen LogP contribution in [0.3, 0.4) is 0 Å². The third-order valence-corrected chi connectivity index (χ3v) is 0. The Hall–Kier alpha value is 1.75. The number of rotatable bonds is 0. The van der Waals surface area contributed by atoms with Crippen LogP contribution < -0.4 is 0 Å². The molecular formula is H4CoMgMnO. The zero-order valence-corrected chi connectivity index (χ0v) is 5.55. The van der Waals surface area contributed by atoms with Crippen LogP contribution in [0.2, 0.25) is 0 Å². The zero-order chi connectivity index (χ0) is 0. The van der Waals surface area contributed by atoms with Gasteiger partial charge in [0.05, 0.1) is 0 Å². The predicted octanol–water partition coefficient (Wildman–Crippen LogP) is -0.986. The van der Waals surface area contributed by atoms with E-state index in [-0.39, 0.29) is 65.2 Å². The van der Waals surface area contributed by atoms with Crippen molar-refractivity contribution in [1.29, 1.82) is 0 Å². The van der Waals surface area contributed by atoms with E-state index in [1.165, 1.54) is 0 Å². The summed E-state index contributed by atoms with van der Waals surface area (Å²) >= 11 is 0. The van der Waals surface area contributed by atoms with Crippen molar-refractivity contribution in [3.8, 4) is 0 Å². The van der Waals surface area contributed by atoms with E-state index < -0.39 is 0 Å². The van der Waals surface area contributed by atoms with Crippen molar-refractivity contribution in [2.24, 2.45) is 0 Å². The van der Waals surface area contributed by atoms with Crippen LogP contribution in [-0.2, 0) is 33.8 Å². The largest absolute Gasteiger partial charge is 2.00 e. The molecule has 0 aromatic rings. The normalized spacial score (nSPS) is 0. The Bertz CT molecular complexity index is 13.5. The molecule has 0 amide bonds. The molecule has 0 aliphatic heterocycles. The second-order valence-electron chi connectivity index (χ2n) is 0. The fraction of sp³-hybridized carbons (Fsp3) is 0.